The van der Waals surface area contributed by atoms with Gasteiger partial charge in [0, 0.05) is 32.5 Å². The SMILES string of the molecule is COCCC(NC(=O)c1cccc(-n2cccn2)n1)C(=O)O. The van der Waals surface area contributed by atoms with Crippen molar-refractivity contribution in [2.75, 3.05) is 13.7 Å². The molecule has 8 heteroatoms. The third kappa shape index (κ3) is 3.89. The topological polar surface area (TPSA) is 106 Å². The zero-order valence-corrected chi connectivity index (χ0v) is 12.0. The number of hydrogen-bond acceptors (Lipinski definition) is 5. The first-order valence-electron chi connectivity index (χ1n) is 6.61. The Morgan fingerprint density at radius 3 is 2.86 bits per heavy atom. The lowest BCUT2D eigenvalue weighted by atomic mass is 10.2. The summed E-state index contributed by atoms with van der Waals surface area (Å²) in [6.45, 7) is 0.234. The van der Waals surface area contributed by atoms with Gasteiger partial charge < -0.3 is 15.2 Å². The van der Waals surface area contributed by atoms with Gasteiger partial charge in [0.1, 0.15) is 11.7 Å². The number of carboxylic acid groups (broad SMARTS) is 1. The predicted molar refractivity (Wildman–Crippen MR) is 76.7 cm³/mol. The lowest BCUT2D eigenvalue weighted by Gasteiger charge is -2.14. The first-order valence-corrected chi connectivity index (χ1v) is 6.61. The smallest absolute Gasteiger partial charge is 0.326 e. The number of pyridine rings is 1. The summed E-state index contributed by atoms with van der Waals surface area (Å²) < 4.78 is 6.35. The number of amides is 1. The van der Waals surface area contributed by atoms with Crippen molar-refractivity contribution < 1.29 is 19.4 Å². The summed E-state index contributed by atoms with van der Waals surface area (Å²) in [6.07, 6.45) is 3.47. The number of carboxylic acids is 1. The van der Waals surface area contributed by atoms with Crippen LogP contribution < -0.4 is 5.32 Å². The van der Waals surface area contributed by atoms with Crippen molar-refractivity contribution in [3.63, 3.8) is 0 Å². The zero-order chi connectivity index (χ0) is 15.9. The highest BCUT2D eigenvalue weighted by Gasteiger charge is 2.21. The van der Waals surface area contributed by atoms with E-state index in [9.17, 15) is 9.59 Å². The lowest BCUT2D eigenvalue weighted by Crippen LogP contribution is -2.41. The summed E-state index contributed by atoms with van der Waals surface area (Å²) in [5.74, 6) is -1.20. The lowest BCUT2D eigenvalue weighted by molar-refractivity contribution is -0.139. The van der Waals surface area contributed by atoms with Gasteiger partial charge in [-0.3, -0.25) is 4.79 Å². The van der Waals surface area contributed by atoms with Crippen LogP contribution in [0.25, 0.3) is 5.82 Å². The van der Waals surface area contributed by atoms with Crippen LogP contribution in [0.1, 0.15) is 16.9 Å². The number of nitrogens with zero attached hydrogens (tertiary/aromatic N) is 3. The number of hydrogen-bond donors (Lipinski definition) is 2. The number of carbonyl (C=O) groups excluding carboxylic acids is 1. The van der Waals surface area contributed by atoms with Gasteiger partial charge in [-0.15, -0.1) is 0 Å². The van der Waals surface area contributed by atoms with E-state index in [2.05, 4.69) is 15.4 Å². The fraction of sp³-hybridized carbons (Fsp3) is 0.286. The number of ether oxygens (including phenoxy) is 1. The minimum Gasteiger partial charge on any atom is -0.480 e. The molecule has 0 saturated heterocycles. The normalized spacial score (nSPS) is 11.9. The van der Waals surface area contributed by atoms with Crippen LogP contribution in [-0.2, 0) is 9.53 Å². The fourth-order valence-corrected chi connectivity index (χ4v) is 1.81. The maximum atomic E-state index is 12.1. The molecule has 2 N–H and O–H groups in total. The number of rotatable bonds is 7. The largest absolute Gasteiger partial charge is 0.480 e. The van der Waals surface area contributed by atoms with Gasteiger partial charge in [-0.25, -0.2) is 14.5 Å². The Balaban J connectivity index is 2.12. The molecule has 0 aliphatic rings. The number of carbonyl (C=O) groups is 2. The molecule has 0 radical (unpaired) electrons. The number of aromatic nitrogens is 3. The number of methoxy groups -OCH3 is 1. The Labute approximate surface area is 126 Å². The van der Waals surface area contributed by atoms with E-state index in [4.69, 9.17) is 9.84 Å². The molecule has 2 rings (SSSR count). The Morgan fingerprint density at radius 2 is 2.23 bits per heavy atom. The Hall–Kier alpha value is -2.74. The van der Waals surface area contributed by atoms with Gasteiger partial charge in [-0.05, 0) is 18.2 Å². The molecule has 1 unspecified atom stereocenters. The number of nitrogens with one attached hydrogen (secondary N) is 1. The molecule has 0 saturated carbocycles. The monoisotopic (exact) mass is 304 g/mol. The molecule has 2 aromatic rings. The van der Waals surface area contributed by atoms with E-state index in [0.29, 0.717) is 5.82 Å². The first kappa shape index (κ1) is 15.6. The van der Waals surface area contributed by atoms with Gasteiger partial charge in [0.25, 0.3) is 5.91 Å². The summed E-state index contributed by atoms with van der Waals surface area (Å²) in [7, 11) is 1.47. The second-order valence-electron chi connectivity index (χ2n) is 4.48. The third-order valence-corrected chi connectivity index (χ3v) is 2.92. The van der Waals surface area contributed by atoms with Crippen molar-refractivity contribution in [2.24, 2.45) is 0 Å². The fourth-order valence-electron chi connectivity index (χ4n) is 1.81. The van der Waals surface area contributed by atoms with Gasteiger partial charge in [0.05, 0.1) is 0 Å². The summed E-state index contributed by atoms with van der Waals surface area (Å²) >= 11 is 0. The van der Waals surface area contributed by atoms with Gasteiger partial charge in [0.15, 0.2) is 5.82 Å². The van der Waals surface area contributed by atoms with Gasteiger partial charge in [0.2, 0.25) is 0 Å². The molecule has 0 bridgehead atoms. The Kier molecular flexibility index (Phi) is 5.21. The molecule has 0 aliphatic heterocycles. The van der Waals surface area contributed by atoms with E-state index in [1.54, 1.807) is 30.6 Å². The van der Waals surface area contributed by atoms with Crippen LogP contribution in [0.2, 0.25) is 0 Å². The highest BCUT2D eigenvalue weighted by molar-refractivity contribution is 5.95. The molecule has 8 nitrogen and oxygen atoms in total. The summed E-state index contributed by atoms with van der Waals surface area (Å²) in [4.78, 5) is 27.4. The first-order chi connectivity index (χ1) is 10.6. The second-order valence-corrected chi connectivity index (χ2v) is 4.48. The molecular weight excluding hydrogens is 288 g/mol. The average molecular weight is 304 g/mol. The minimum absolute atomic E-state index is 0.122. The predicted octanol–water partition coefficient (Wildman–Crippen LogP) is 0.487. The van der Waals surface area contributed by atoms with E-state index >= 15 is 0 Å². The highest BCUT2D eigenvalue weighted by atomic mass is 16.5. The van der Waals surface area contributed by atoms with E-state index in [1.807, 2.05) is 0 Å². The highest BCUT2D eigenvalue weighted by Crippen LogP contribution is 2.05. The van der Waals surface area contributed by atoms with Gasteiger partial charge in [-0.1, -0.05) is 6.07 Å². The van der Waals surface area contributed by atoms with Gasteiger partial charge in [-0.2, -0.15) is 5.10 Å². The molecule has 22 heavy (non-hydrogen) atoms. The van der Waals surface area contributed by atoms with Crippen molar-refractivity contribution in [3.05, 3.63) is 42.4 Å². The summed E-state index contributed by atoms with van der Waals surface area (Å²) in [5.41, 5.74) is 0.122. The van der Waals surface area contributed by atoms with Crippen LogP contribution in [0.3, 0.4) is 0 Å². The van der Waals surface area contributed by atoms with Crippen molar-refractivity contribution >= 4 is 11.9 Å². The van der Waals surface area contributed by atoms with Crippen LogP contribution >= 0.6 is 0 Å². The zero-order valence-electron chi connectivity index (χ0n) is 12.0. The molecule has 0 aliphatic carbocycles. The van der Waals surface area contributed by atoms with Crippen molar-refractivity contribution in [1.29, 1.82) is 0 Å². The van der Waals surface area contributed by atoms with Crippen LogP contribution in [0.15, 0.2) is 36.7 Å². The molecule has 1 atom stereocenters. The molecular formula is C14H16N4O4. The van der Waals surface area contributed by atoms with E-state index < -0.39 is 17.9 Å². The van der Waals surface area contributed by atoms with E-state index in [1.165, 1.54) is 17.9 Å². The molecule has 2 heterocycles. The molecule has 0 spiro atoms. The molecule has 116 valence electrons. The molecule has 0 fully saturated rings. The Morgan fingerprint density at radius 1 is 1.41 bits per heavy atom. The standard InChI is InChI=1S/C14H16N4O4/c1-22-9-6-11(14(20)21)17-13(19)10-4-2-5-12(16-10)18-8-3-7-15-18/h2-5,7-8,11H,6,9H2,1H3,(H,17,19)(H,20,21). The van der Waals surface area contributed by atoms with Crippen molar-refractivity contribution in [2.45, 2.75) is 12.5 Å². The maximum absolute atomic E-state index is 12.1. The summed E-state index contributed by atoms with van der Waals surface area (Å²) in [6, 6.07) is 5.58. The van der Waals surface area contributed by atoms with Crippen molar-refractivity contribution in [1.82, 2.24) is 20.1 Å². The molecule has 1 amide bonds. The summed E-state index contributed by atoms with van der Waals surface area (Å²) in [5, 5.41) is 15.6. The Bertz CT molecular complexity index is 642. The number of aliphatic carboxylic acids is 1. The third-order valence-electron chi connectivity index (χ3n) is 2.92. The van der Waals surface area contributed by atoms with Crippen LogP contribution in [0.4, 0.5) is 0 Å². The van der Waals surface area contributed by atoms with Crippen LogP contribution in [-0.4, -0.2) is 51.5 Å². The quantitative estimate of drug-likeness (QED) is 0.771. The van der Waals surface area contributed by atoms with E-state index in [-0.39, 0.29) is 18.7 Å². The second kappa shape index (κ2) is 7.32. The molecule has 2 aromatic heterocycles. The average Bonchev–Trinajstić information content (AvgIpc) is 3.05. The van der Waals surface area contributed by atoms with Crippen LogP contribution in [0, 0.1) is 0 Å². The van der Waals surface area contributed by atoms with Crippen LogP contribution in [0.5, 0.6) is 0 Å². The maximum Gasteiger partial charge on any atom is 0.326 e. The molecule has 0 aromatic carbocycles. The minimum atomic E-state index is -1.12. The van der Waals surface area contributed by atoms with E-state index in [0.717, 1.165) is 0 Å². The van der Waals surface area contributed by atoms with Gasteiger partial charge >= 0.3 is 5.97 Å². The van der Waals surface area contributed by atoms with Crippen molar-refractivity contribution in [3.8, 4) is 5.82 Å².